The molecule has 1 heterocycles. The summed E-state index contributed by atoms with van der Waals surface area (Å²) in [6.45, 7) is 1.66. The summed E-state index contributed by atoms with van der Waals surface area (Å²) in [5.74, 6) is -0.0230. The summed E-state index contributed by atoms with van der Waals surface area (Å²) < 4.78 is 13.1. The van der Waals surface area contributed by atoms with Gasteiger partial charge in [-0.3, -0.25) is 9.88 Å². The highest BCUT2D eigenvalue weighted by atomic mass is 19.1. The fraction of sp³-hybridized carbons (Fsp3) is 0.150. The molecule has 0 unspecified atom stereocenters. The molecule has 5 heteroatoms. The van der Waals surface area contributed by atoms with E-state index in [9.17, 15) is 14.6 Å². The van der Waals surface area contributed by atoms with Gasteiger partial charge in [0.25, 0.3) is 0 Å². The maximum Gasteiger partial charge on any atom is 0.123 e. The van der Waals surface area contributed by atoms with Crippen LogP contribution in [0.5, 0.6) is 11.5 Å². The average molecular weight is 338 g/mol. The molecule has 0 aliphatic rings. The molecule has 0 radical (unpaired) electrons. The summed E-state index contributed by atoms with van der Waals surface area (Å²) in [5, 5.41) is 19.7. The van der Waals surface area contributed by atoms with Crippen molar-refractivity contribution >= 4 is 0 Å². The first-order valence-electron chi connectivity index (χ1n) is 7.97. The van der Waals surface area contributed by atoms with Crippen LogP contribution in [0.4, 0.5) is 4.39 Å². The fourth-order valence-corrected chi connectivity index (χ4v) is 2.70. The lowest BCUT2D eigenvalue weighted by atomic mass is 10.1. The fourth-order valence-electron chi connectivity index (χ4n) is 2.70. The van der Waals surface area contributed by atoms with Crippen molar-refractivity contribution in [2.24, 2.45) is 0 Å². The van der Waals surface area contributed by atoms with Gasteiger partial charge in [-0.05, 0) is 53.6 Å². The van der Waals surface area contributed by atoms with Crippen LogP contribution in [0.1, 0.15) is 16.7 Å². The average Bonchev–Trinajstić information content (AvgIpc) is 2.61. The molecule has 25 heavy (non-hydrogen) atoms. The summed E-state index contributed by atoms with van der Waals surface area (Å²) in [4.78, 5) is 6.13. The number of pyridine rings is 1. The van der Waals surface area contributed by atoms with E-state index in [1.807, 2.05) is 12.1 Å². The minimum atomic E-state index is -0.268. The SMILES string of the molecule is Oc1ccc(O)c(CN(Cc2ccncc2)Cc2ccc(F)cc2)c1. The summed E-state index contributed by atoms with van der Waals surface area (Å²) in [7, 11) is 0. The molecule has 0 fully saturated rings. The zero-order valence-corrected chi connectivity index (χ0v) is 13.6. The zero-order valence-electron chi connectivity index (χ0n) is 13.6. The predicted octanol–water partition coefficient (Wildman–Crippen LogP) is 3.83. The maximum atomic E-state index is 13.1. The highest BCUT2D eigenvalue weighted by molar-refractivity contribution is 5.38. The minimum absolute atomic E-state index is 0.110. The molecule has 0 spiro atoms. The maximum absolute atomic E-state index is 13.1. The van der Waals surface area contributed by atoms with E-state index in [1.165, 1.54) is 24.3 Å². The molecule has 2 N–H and O–H groups in total. The van der Waals surface area contributed by atoms with E-state index < -0.39 is 0 Å². The largest absolute Gasteiger partial charge is 0.508 e. The van der Waals surface area contributed by atoms with Gasteiger partial charge in [0.1, 0.15) is 17.3 Å². The molecule has 1 aromatic heterocycles. The van der Waals surface area contributed by atoms with E-state index in [0.717, 1.165) is 11.1 Å². The lowest BCUT2D eigenvalue weighted by Gasteiger charge is -2.23. The van der Waals surface area contributed by atoms with Crippen LogP contribution in [0.15, 0.2) is 67.0 Å². The number of rotatable bonds is 6. The molecule has 3 rings (SSSR count). The Morgan fingerprint density at radius 2 is 1.44 bits per heavy atom. The summed E-state index contributed by atoms with van der Waals surface area (Å²) in [6.07, 6.45) is 3.47. The van der Waals surface area contributed by atoms with Gasteiger partial charge in [0, 0.05) is 37.6 Å². The number of halogens is 1. The van der Waals surface area contributed by atoms with Crippen LogP contribution in [0.25, 0.3) is 0 Å². The summed E-state index contributed by atoms with van der Waals surface area (Å²) in [6, 6.07) is 14.7. The molecule has 0 aliphatic heterocycles. The normalized spacial score (nSPS) is 11.0. The molecule has 0 aliphatic carbocycles. The molecule has 128 valence electrons. The van der Waals surface area contributed by atoms with Gasteiger partial charge in [-0.25, -0.2) is 4.39 Å². The first-order chi connectivity index (χ1) is 12.1. The second-order valence-corrected chi connectivity index (χ2v) is 5.94. The van der Waals surface area contributed by atoms with Gasteiger partial charge in [0.05, 0.1) is 0 Å². The van der Waals surface area contributed by atoms with E-state index >= 15 is 0 Å². The van der Waals surface area contributed by atoms with Crippen molar-refractivity contribution in [2.75, 3.05) is 0 Å². The highest BCUT2D eigenvalue weighted by Gasteiger charge is 2.12. The quantitative estimate of drug-likeness (QED) is 0.671. The molecular weight excluding hydrogens is 319 g/mol. The van der Waals surface area contributed by atoms with Gasteiger partial charge >= 0.3 is 0 Å². The molecule has 0 saturated carbocycles. The van der Waals surface area contributed by atoms with Crippen LogP contribution in [-0.2, 0) is 19.6 Å². The van der Waals surface area contributed by atoms with E-state index in [4.69, 9.17) is 0 Å². The number of hydrogen-bond donors (Lipinski definition) is 2. The third-order valence-electron chi connectivity index (χ3n) is 3.93. The van der Waals surface area contributed by atoms with Crippen molar-refractivity contribution in [3.05, 3.63) is 89.5 Å². The van der Waals surface area contributed by atoms with Crippen molar-refractivity contribution < 1.29 is 14.6 Å². The van der Waals surface area contributed by atoms with Crippen LogP contribution in [0.2, 0.25) is 0 Å². The molecule has 0 saturated heterocycles. The van der Waals surface area contributed by atoms with Crippen molar-refractivity contribution in [1.82, 2.24) is 9.88 Å². The molecule has 0 atom stereocenters. The van der Waals surface area contributed by atoms with Crippen LogP contribution in [0, 0.1) is 5.82 Å². The Morgan fingerprint density at radius 3 is 2.12 bits per heavy atom. The van der Waals surface area contributed by atoms with Gasteiger partial charge < -0.3 is 10.2 Å². The molecule has 2 aromatic carbocycles. The van der Waals surface area contributed by atoms with Crippen molar-refractivity contribution in [2.45, 2.75) is 19.6 Å². The first kappa shape index (κ1) is 16.9. The standard InChI is InChI=1S/C20H19FN2O2/c21-18-3-1-15(2-4-18)12-23(13-16-7-9-22-10-8-16)14-17-11-19(24)5-6-20(17)25/h1-11,24-25H,12-14H2. The Kier molecular flexibility index (Phi) is 5.26. The van der Waals surface area contributed by atoms with E-state index in [1.54, 1.807) is 30.6 Å². The van der Waals surface area contributed by atoms with Gasteiger partial charge in [0.15, 0.2) is 0 Å². The third kappa shape index (κ3) is 4.78. The van der Waals surface area contributed by atoms with E-state index in [-0.39, 0.29) is 17.3 Å². The molecule has 3 aromatic rings. The lowest BCUT2D eigenvalue weighted by Crippen LogP contribution is -2.22. The smallest absolute Gasteiger partial charge is 0.123 e. The molecule has 4 nitrogen and oxygen atoms in total. The number of phenolic OH excluding ortho intramolecular Hbond substituents is 2. The second-order valence-electron chi connectivity index (χ2n) is 5.94. The third-order valence-corrected chi connectivity index (χ3v) is 3.93. The van der Waals surface area contributed by atoms with Gasteiger partial charge in [-0.1, -0.05) is 12.1 Å². The Hall–Kier alpha value is -2.92. The number of benzene rings is 2. The topological polar surface area (TPSA) is 56.6 Å². The van der Waals surface area contributed by atoms with Crippen LogP contribution in [-0.4, -0.2) is 20.1 Å². The van der Waals surface area contributed by atoms with E-state index in [2.05, 4.69) is 9.88 Å². The summed E-state index contributed by atoms with van der Waals surface area (Å²) >= 11 is 0. The molecule has 0 amide bonds. The zero-order chi connectivity index (χ0) is 17.6. The molecular formula is C20H19FN2O2. The lowest BCUT2D eigenvalue weighted by molar-refractivity contribution is 0.244. The predicted molar refractivity (Wildman–Crippen MR) is 93.4 cm³/mol. The van der Waals surface area contributed by atoms with Crippen LogP contribution in [0.3, 0.4) is 0 Å². The number of aromatic hydroxyl groups is 2. The Labute approximate surface area is 145 Å². The van der Waals surface area contributed by atoms with Crippen LogP contribution >= 0.6 is 0 Å². The number of hydrogen-bond acceptors (Lipinski definition) is 4. The Morgan fingerprint density at radius 1 is 0.800 bits per heavy atom. The van der Waals surface area contributed by atoms with Crippen molar-refractivity contribution in [1.29, 1.82) is 0 Å². The van der Waals surface area contributed by atoms with Gasteiger partial charge in [0.2, 0.25) is 0 Å². The highest BCUT2D eigenvalue weighted by Crippen LogP contribution is 2.25. The Bertz CT molecular complexity index is 823. The van der Waals surface area contributed by atoms with Crippen molar-refractivity contribution in [3.63, 3.8) is 0 Å². The van der Waals surface area contributed by atoms with Crippen LogP contribution < -0.4 is 0 Å². The number of nitrogens with zero attached hydrogens (tertiary/aromatic N) is 2. The first-order valence-corrected chi connectivity index (χ1v) is 7.97. The summed E-state index contributed by atoms with van der Waals surface area (Å²) in [5.41, 5.74) is 2.68. The Balaban J connectivity index is 1.82. The number of aromatic nitrogens is 1. The molecule has 0 bridgehead atoms. The van der Waals surface area contributed by atoms with Gasteiger partial charge in [-0.2, -0.15) is 0 Å². The monoisotopic (exact) mass is 338 g/mol. The number of phenols is 2. The second kappa shape index (κ2) is 7.77. The minimum Gasteiger partial charge on any atom is -0.508 e. The van der Waals surface area contributed by atoms with Crippen molar-refractivity contribution in [3.8, 4) is 11.5 Å². The van der Waals surface area contributed by atoms with E-state index in [0.29, 0.717) is 25.2 Å². The van der Waals surface area contributed by atoms with Gasteiger partial charge in [-0.15, -0.1) is 0 Å².